The van der Waals surface area contributed by atoms with Crippen molar-refractivity contribution in [1.29, 1.82) is 0 Å². The molecule has 2 aliphatic rings. The Morgan fingerprint density at radius 1 is 0.968 bits per heavy atom. The molecule has 166 valence electrons. The molecule has 0 bridgehead atoms. The van der Waals surface area contributed by atoms with E-state index in [-0.39, 0.29) is 5.92 Å². The monoisotopic (exact) mass is 429 g/mol. The molecule has 1 heterocycles. The number of rotatable bonds is 4. The Morgan fingerprint density at radius 2 is 1.52 bits per heavy atom. The quantitative estimate of drug-likeness (QED) is 0.482. The average molecular weight is 429 g/mol. The van der Waals surface area contributed by atoms with Gasteiger partial charge in [0, 0.05) is 24.9 Å². The molecule has 1 aliphatic carbocycles. The summed E-state index contributed by atoms with van der Waals surface area (Å²) in [4.78, 5) is 21.9. The molecule has 1 fully saturated rings. The first-order valence-electron chi connectivity index (χ1n) is 10.0. The first-order valence-corrected chi connectivity index (χ1v) is 10.0. The minimum absolute atomic E-state index is 0.246. The second kappa shape index (κ2) is 9.15. The van der Waals surface area contributed by atoms with Crippen LogP contribution in [0, 0.1) is 5.92 Å². The first kappa shape index (κ1) is 22.9. The Kier molecular flexibility index (Phi) is 6.76. The van der Waals surface area contributed by atoms with Crippen molar-refractivity contribution in [1.82, 2.24) is 4.90 Å². The smallest absolute Gasteiger partial charge is 0.335 e. The number of hydrogen-bond donors (Lipinski definition) is 5. The lowest BCUT2D eigenvalue weighted by molar-refractivity contribution is -0.165. The summed E-state index contributed by atoms with van der Waals surface area (Å²) in [7, 11) is 2.16. The molecule has 1 saturated heterocycles. The Labute approximate surface area is 180 Å². The predicted molar refractivity (Wildman–Crippen MR) is 112 cm³/mol. The lowest BCUT2D eigenvalue weighted by Crippen LogP contribution is -2.47. The van der Waals surface area contributed by atoms with Gasteiger partial charge in [-0.2, -0.15) is 0 Å². The van der Waals surface area contributed by atoms with E-state index in [1.165, 1.54) is 11.1 Å². The van der Waals surface area contributed by atoms with Crippen LogP contribution in [0.2, 0.25) is 0 Å². The van der Waals surface area contributed by atoms with Crippen LogP contribution in [0.15, 0.2) is 54.6 Å². The van der Waals surface area contributed by atoms with Crippen molar-refractivity contribution in [3.05, 3.63) is 71.3 Å². The number of aliphatic hydroxyl groups is 3. The second-order valence-electron chi connectivity index (χ2n) is 8.08. The normalized spacial score (nSPS) is 26.6. The molecule has 8 nitrogen and oxygen atoms in total. The van der Waals surface area contributed by atoms with Crippen LogP contribution in [-0.2, 0) is 15.2 Å². The molecule has 1 aliphatic heterocycles. The minimum Gasteiger partial charge on any atom is -0.479 e. The van der Waals surface area contributed by atoms with Gasteiger partial charge in [0.05, 0.1) is 5.60 Å². The molecule has 31 heavy (non-hydrogen) atoms. The number of nitrogens with zero attached hydrogens (tertiary/aromatic N) is 1. The summed E-state index contributed by atoms with van der Waals surface area (Å²) in [5, 5.41) is 43.9. The van der Waals surface area contributed by atoms with E-state index in [9.17, 15) is 14.7 Å². The number of fused-ring (bicyclic) bond motifs is 3. The van der Waals surface area contributed by atoms with Crippen LogP contribution in [-0.4, -0.2) is 74.7 Å². The molecule has 0 amide bonds. The van der Waals surface area contributed by atoms with E-state index in [0.29, 0.717) is 5.92 Å². The zero-order valence-corrected chi connectivity index (χ0v) is 17.1. The molecule has 2 aromatic carbocycles. The molecule has 0 aromatic heterocycles. The van der Waals surface area contributed by atoms with Crippen LogP contribution >= 0.6 is 0 Å². The summed E-state index contributed by atoms with van der Waals surface area (Å²) in [6, 6.07) is 19.1. The Morgan fingerprint density at radius 3 is 2.10 bits per heavy atom. The fraction of sp³-hybridized carbons (Fsp3) is 0.391. The molecular formula is C23H27NO7. The molecule has 8 heteroatoms. The predicted octanol–water partition coefficient (Wildman–Crippen LogP) is 0.849. The minimum atomic E-state index is -2.27. The fourth-order valence-electron chi connectivity index (χ4n) is 4.56. The van der Waals surface area contributed by atoms with Crippen molar-refractivity contribution in [2.75, 3.05) is 20.1 Å². The van der Waals surface area contributed by atoms with Crippen LogP contribution in [0.3, 0.4) is 0 Å². The van der Waals surface area contributed by atoms with Crippen molar-refractivity contribution in [2.45, 2.75) is 30.1 Å². The van der Waals surface area contributed by atoms with E-state index in [1.54, 1.807) is 0 Å². The van der Waals surface area contributed by atoms with Crippen molar-refractivity contribution >= 4 is 11.9 Å². The zero-order chi connectivity index (χ0) is 22.8. The number of carboxylic acids is 2. The van der Waals surface area contributed by atoms with E-state index >= 15 is 0 Å². The summed E-state index contributed by atoms with van der Waals surface area (Å²) < 4.78 is 0. The maximum atomic E-state index is 11.4. The SMILES string of the molecule is CN1CCC2(O)c3ccccc3C(c3ccccc3)C2C1.O=C(O)C(O)C(O)C(=O)O. The van der Waals surface area contributed by atoms with Gasteiger partial charge in [-0.05, 0) is 30.2 Å². The molecule has 0 spiro atoms. The molecule has 0 radical (unpaired) electrons. The van der Waals surface area contributed by atoms with E-state index in [0.717, 1.165) is 25.1 Å². The summed E-state index contributed by atoms with van der Waals surface area (Å²) in [6.07, 6.45) is -3.70. The molecule has 4 rings (SSSR count). The molecule has 5 N–H and O–H groups in total. The summed E-state index contributed by atoms with van der Waals surface area (Å²) in [5.41, 5.74) is 3.12. The highest BCUT2D eigenvalue weighted by molar-refractivity contribution is 5.83. The van der Waals surface area contributed by atoms with E-state index in [1.807, 2.05) is 0 Å². The third-order valence-corrected chi connectivity index (χ3v) is 6.12. The number of benzene rings is 2. The van der Waals surface area contributed by atoms with E-state index < -0.39 is 29.7 Å². The van der Waals surface area contributed by atoms with Gasteiger partial charge in [0.1, 0.15) is 0 Å². The number of carbonyl (C=O) groups is 2. The number of piperidine rings is 1. The highest BCUT2D eigenvalue weighted by atomic mass is 16.4. The van der Waals surface area contributed by atoms with Crippen LogP contribution in [0.1, 0.15) is 29.0 Å². The van der Waals surface area contributed by atoms with Gasteiger partial charge in [-0.15, -0.1) is 0 Å². The van der Waals surface area contributed by atoms with Crippen LogP contribution in [0.25, 0.3) is 0 Å². The maximum Gasteiger partial charge on any atom is 0.335 e. The summed E-state index contributed by atoms with van der Waals surface area (Å²) >= 11 is 0. The van der Waals surface area contributed by atoms with Crippen molar-refractivity contribution in [3.8, 4) is 0 Å². The Hall–Kier alpha value is -2.78. The Bertz CT molecular complexity index is 917. The third kappa shape index (κ3) is 4.47. The van der Waals surface area contributed by atoms with E-state index in [4.69, 9.17) is 20.4 Å². The zero-order valence-electron chi connectivity index (χ0n) is 17.1. The van der Waals surface area contributed by atoms with E-state index in [2.05, 4.69) is 66.5 Å². The van der Waals surface area contributed by atoms with Crippen molar-refractivity contribution in [2.24, 2.45) is 5.92 Å². The fourth-order valence-corrected chi connectivity index (χ4v) is 4.56. The lowest BCUT2D eigenvalue weighted by atomic mass is 9.76. The van der Waals surface area contributed by atoms with Gasteiger partial charge in [0.2, 0.25) is 0 Å². The van der Waals surface area contributed by atoms with Crippen LogP contribution in [0.5, 0.6) is 0 Å². The highest BCUT2D eigenvalue weighted by Crippen LogP contribution is 2.55. The second-order valence-corrected chi connectivity index (χ2v) is 8.08. The molecule has 2 aromatic rings. The van der Waals surface area contributed by atoms with Gasteiger partial charge in [-0.3, -0.25) is 0 Å². The van der Waals surface area contributed by atoms with Crippen LogP contribution in [0.4, 0.5) is 0 Å². The third-order valence-electron chi connectivity index (χ3n) is 6.12. The number of likely N-dealkylation sites (tertiary alicyclic amines) is 1. The largest absolute Gasteiger partial charge is 0.479 e. The topological polar surface area (TPSA) is 139 Å². The average Bonchev–Trinajstić information content (AvgIpc) is 3.02. The van der Waals surface area contributed by atoms with Crippen LogP contribution < -0.4 is 0 Å². The van der Waals surface area contributed by atoms with Crippen molar-refractivity contribution in [3.63, 3.8) is 0 Å². The number of aliphatic carboxylic acids is 2. The maximum absolute atomic E-state index is 11.4. The van der Waals surface area contributed by atoms with Gasteiger partial charge < -0.3 is 30.4 Å². The lowest BCUT2D eigenvalue weighted by Gasteiger charge is -2.42. The molecule has 0 saturated carbocycles. The number of carboxylic acid groups (broad SMARTS) is 2. The van der Waals surface area contributed by atoms with Gasteiger partial charge in [0.25, 0.3) is 0 Å². The molecular weight excluding hydrogens is 402 g/mol. The van der Waals surface area contributed by atoms with Gasteiger partial charge in [-0.1, -0.05) is 54.6 Å². The van der Waals surface area contributed by atoms with Crippen molar-refractivity contribution < 1.29 is 35.1 Å². The van der Waals surface area contributed by atoms with Gasteiger partial charge >= 0.3 is 11.9 Å². The van der Waals surface area contributed by atoms with Gasteiger partial charge in [0.15, 0.2) is 12.2 Å². The van der Waals surface area contributed by atoms with Gasteiger partial charge in [-0.25, -0.2) is 9.59 Å². The summed E-state index contributed by atoms with van der Waals surface area (Å²) in [6.45, 7) is 1.91. The highest BCUT2D eigenvalue weighted by Gasteiger charge is 2.53. The summed E-state index contributed by atoms with van der Waals surface area (Å²) in [5.74, 6) is -2.99. The first-order chi connectivity index (χ1) is 14.7. The molecule has 5 atom stereocenters. The number of aliphatic hydroxyl groups excluding tert-OH is 2. The molecule has 5 unspecified atom stereocenters. The number of hydrogen-bond acceptors (Lipinski definition) is 6. The standard InChI is InChI=1S/C19H21NO.C4H6O6/c1-20-12-11-19(21)16-10-6-5-9-15(16)18(17(19)13-20)14-7-3-2-4-8-14;5-1(3(7)8)2(6)4(9)10/h2-10,17-18,21H,11-13H2,1H3;1-2,5-6H,(H,7,8)(H,9,10). The Balaban J connectivity index is 0.000000233.